The van der Waals surface area contributed by atoms with Crippen molar-refractivity contribution in [1.29, 1.82) is 5.26 Å². The average Bonchev–Trinajstić information content (AvgIpc) is 2.24. The third-order valence-electron chi connectivity index (χ3n) is 3.24. The third kappa shape index (κ3) is 4.11. The summed E-state index contributed by atoms with van der Waals surface area (Å²) in [4.78, 5) is 0. The van der Waals surface area contributed by atoms with Crippen LogP contribution in [0, 0.1) is 17.2 Å². The molecule has 0 aromatic rings. The molecule has 1 saturated carbocycles. The highest BCUT2D eigenvalue weighted by Crippen LogP contribution is 2.19. The molecule has 0 heterocycles. The quantitative estimate of drug-likeness (QED) is 0.644. The number of nitriles is 1. The van der Waals surface area contributed by atoms with Crippen LogP contribution in [0.1, 0.15) is 57.8 Å². The van der Waals surface area contributed by atoms with Gasteiger partial charge in [-0.05, 0) is 12.8 Å². The molecular formula is C12H22N2. The highest BCUT2D eigenvalue weighted by molar-refractivity contribution is 4.90. The number of hydrogen-bond acceptors (Lipinski definition) is 2. The van der Waals surface area contributed by atoms with E-state index in [4.69, 9.17) is 11.0 Å². The Morgan fingerprint density at radius 3 is 1.93 bits per heavy atom. The van der Waals surface area contributed by atoms with Crippen molar-refractivity contribution >= 4 is 0 Å². The Labute approximate surface area is 87.5 Å². The fourth-order valence-corrected chi connectivity index (χ4v) is 2.20. The van der Waals surface area contributed by atoms with E-state index in [0.29, 0.717) is 0 Å². The molecule has 2 N–H and O–H groups in total. The van der Waals surface area contributed by atoms with Gasteiger partial charge in [-0.15, -0.1) is 0 Å². The summed E-state index contributed by atoms with van der Waals surface area (Å²) in [6, 6.07) is 2.49. The lowest BCUT2D eigenvalue weighted by molar-refractivity contribution is 0.430. The van der Waals surface area contributed by atoms with Crippen molar-refractivity contribution in [3.8, 4) is 6.07 Å². The minimum Gasteiger partial charge on any atom is -0.327 e. The van der Waals surface area contributed by atoms with E-state index in [2.05, 4.69) is 6.07 Å². The number of rotatable bonds is 0. The van der Waals surface area contributed by atoms with Gasteiger partial charge in [-0.25, -0.2) is 0 Å². The van der Waals surface area contributed by atoms with Crippen LogP contribution >= 0.6 is 0 Å². The zero-order valence-corrected chi connectivity index (χ0v) is 9.04. The molecule has 0 bridgehead atoms. The lowest BCUT2D eigenvalue weighted by Gasteiger charge is -2.16. The van der Waals surface area contributed by atoms with E-state index >= 15 is 0 Å². The second-order valence-electron chi connectivity index (χ2n) is 4.45. The normalized spacial score (nSPS) is 31.4. The lowest BCUT2D eigenvalue weighted by atomic mass is 9.92. The van der Waals surface area contributed by atoms with E-state index in [-0.39, 0.29) is 12.0 Å². The zero-order valence-electron chi connectivity index (χ0n) is 9.04. The first-order valence-electron chi connectivity index (χ1n) is 6.00. The molecule has 0 amide bonds. The molecule has 14 heavy (non-hydrogen) atoms. The molecule has 1 fully saturated rings. The highest BCUT2D eigenvalue weighted by Gasteiger charge is 2.16. The standard InChI is InChI=1S/C12H22N2/c13-10-11-8-6-4-2-1-3-5-7-9-12(11)14/h11-12H,1-9,14H2. The van der Waals surface area contributed by atoms with Gasteiger partial charge in [0.25, 0.3) is 0 Å². The van der Waals surface area contributed by atoms with Gasteiger partial charge in [-0.3, -0.25) is 0 Å². The minimum atomic E-state index is 0.105. The number of hydrogen-bond donors (Lipinski definition) is 1. The van der Waals surface area contributed by atoms with Gasteiger partial charge < -0.3 is 5.73 Å². The van der Waals surface area contributed by atoms with Crippen molar-refractivity contribution in [3.63, 3.8) is 0 Å². The topological polar surface area (TPSA) is 49.8 Å². The largest absolute Gasteiger partial charge is 0.327 e. The van der Waals surface area contributed by atoms with Crippen LogP contribution in [0.5, 0.6) is 0 Å². The molecule has 0 spiro atoms. The minimum absolute atomic E-state index is 0.105. The second-order valence-corrected chi connectivity index (χ2v) is 4.45. The van der Waals surface area contributed by atoms with Gasteiger partial charge >= 0.3 is 0 Å². The Kier molecular flexibility index (Phi) is 5.63. The van der Waals surface area contributed by atoms with Crippen LogP contribution < -0.4 is 5.73 Å². The van der Waals surface area contributed by atoms with E-state index < -0.39 is 0 Å². The van der Waals surface area contributed by atoms with Crippen LogP contribution in [0.25, 0.3) is 0 Å². The van der Waals surface area contributed by atoms with Crippen LogP contribution in [-0.2, 0) is 0 Å². The molecule has 1 aliphatic carbocycles. The summed E-state index contributed by atoms with van der Waals surface area (Å²) in [7, 11) is 0. The number of nitrogens with two attached hydrogens (primary N) is 1. The molecule has 80 valence electrons. The predicted molar refractivity (Wildman–Crippen MR) is 58.6 cm³/mol. The summed E-state index contributed by atoms with van der Waals surface area (Å²) >= 11 is 0. The van der Waals surface area contributed by atoms with Crippen molar-refractivity contribution in [2.24, 2.45) is 11.7 Å². The van der Waals surface area contributed by atoms with Crippen molar-refractivity contribution in [3.05, 3.63) is 0 Å². The van der Waals surface area contributed by atoms with Crippen LogP contribution in [-0.4, -0.2) is 6.04 Å². The van der Waals surface area contributed by atoms with Gasteiger partial charge in [0.2, 0.25) is 0 Å². The van der Waals surface area contributed by atoms with Crippen molar-refractivity contribution < 1.29 is 0 Å². The SMILES string of the molecule is N#CC1CCCCCCCCCC1N. The van der Waals surface area contributed by atoms with Crippen molar-refractivity contribution in [2.45, 2.75) is 63.8 Å². The molecule has 2 nitrogen and oxygen atoms in total. The average molecular weight is 194 g/mol. The molecule has 0 radical (unpaired) electrons. The van der Waals surface area contributed by atoms with Gasteiger partial charge in [0.05, 0.1) is 12.0 Å². The Morgan fingerprint density at radius 2 is 1.36 bits per heavy atom. The molecular weight excluding hydrogens is 172 g/mol. The summed E-state index contributed by atoms with van der Waals surface area (Å²) in [5, 5.41) is 8.98. The Morgan fingerprint density at radius 1 is 0.857 bits per heavy atom. The Balaban J connectivity index is 2.38. The molecule has 0 saturated heterocycles. The van der Waals surface area contributed by atoms with Crippen LogP contribution in [0.4, 0.5) is 0 Å². The van der Waals surface area contributed by atoms with E-state index in [0.717, 1.165) is 12.8 Å². The van der Waals surface area contributed by atoms with E-state index in [1.54, 1.807) is 0 Å². The maximum atomic E-state index is 8.98. The first-order valence-corrected chi connectivity index (χ1v) is 6.00. The van der Waals surface area contributed by atoms with Gasteiger partial charge in [-0.1, -0.05) is 44.9 Å². The van der Waals surface area contributed by atoms with Gasteiger partial charge in [0, 0.05) is 6.04 Å². The van der Waals surface area contributed by atoms with Crippen molar-refractivity contribution in [2.75, 3.05) is 0 Å². The van der Waals surface area contributed by atoms with E-state index in [9.17, 15) is 0 Å². The summed E-state index contributed by atoms with van der Waals surface area (Å²) in [6.07, 6.45) is 11.1. The summed E-state index contributed by atoms with van der Waals surface area (Å²) < 4.78 is 0. The summed E-state index contributed by atoms with van der Waals surface area (Å²) in [5.74, 6) is 0.105. The van der Waals surface area contributed by atoms with Crippen LogP contribution in [0.3, 0.4) is 0 Å². The second kappa shape index (κ2) is 6.84. The van der Waals surface area contributed by atoms with E-state index in [1.807, 2.05) is 0 Å². The summed E-state index contributed by atoms with van der Waals surface area (Å²) in [5.41, 5.74) is 6.01. The molecule has 1 rings (SSSR count). The molecule has 0 aliphatic heterocycles. The van der Waals surface area contributed by atoms with Crippen LogP contribution in [0.15, 0.2) is 0 Å². The third-order valence-corrected chi connectivity index (χ3v) is 3.24. The molecule has 0 aromatic carbocycles. The first kappa shape index (κ1) is 11.5. The Hall–Kier alpha value is -0.550. The maximum absolute atomic E-state index is 8.98. The highest BCUT2D eigenvalue weighted by atomic mass is 14.6. The van der Waals surface area contributed by atoms with Gasteiger partial charge in [0.15, 0.2) is 0 Å². The Bertz CT molecular complexity index is 183. The fourth-order valence-electron chi connectivity index (χ4n) is 2.20. The van der Waals surface area contributed by atoms with Crippen LogP contribution in [0.2, 0.25) is 0 Å². The fraction of sp³-hybridized carbons (Fsp3) is 0.917. The molecule has 1 aliphatic rings. The molecule has 2 heteroatoms. The maximum Gasteiger partial charge on any atom is 0.0672 e. The van der Waals surface area contributed by atoms with E-state index in [1.165, 1.54) is 44.9 Å². The lowest BCUT2D eigenvalue weighted by Crippen LogP contribution is -2.29. The molecule has 2 atom stereocenters. The first-order chi connectivity index (χ1) is 6.84. The smallest absolute Gasteiger partial charge is 0.0672 e. The van der Waals surface area contributed by atoms with Gasteiger partial charge in [0.1, 0.15) is 0 Å². The monoisotopic (exact) mass is 194 g/mol. The predicted octanol–water partition coefficient (Wildman–Crippen LogP) is 2.98. The number of nitrogens with zero attached hydrogens (tertiary/aromatic N) is 1. The summed E-state index contributed by atoms with van der Waals surface area (Å²) in [6.45, 7) is 0. The molecule has 0 aromatic heterocycles. The zero-order chi connectivity index (χ0) is 10.2. The molecule has 2 unspecified atom stereocenters. The van der Waals surface area contributed by atoms with Crippen molar-refractivity contribution in [1.82, 2.24) is 0 Å². The van der Waals surface area contributed by atoms with Gasteiger partial charge in [-0.2, -0.15) is 5.26 Å².